The molecule has 2 aromatic carbocycles. The number of carboxylic acid groups (broad SMARTS) is 4. The summed E-state index contributed by atoms with van der Waals surface area (Å²) in [6.45, 7) is 9.28. The molecule has 0 saturated carbocycles. The summed E-state index contributed by atoms with van der Waals surface area (Å²) in [5, 5.41) is 31.2. The molecule has 41 heavy (non-hydrogen) atoms. The number of nitrogens with zero attached hydrogens (tertiary/aromatic N) is 3. The van der Waals surface area contributed by atoms with Crippen molar-refractivity contribution in [2.75, 3.05) is 51.2 Å². The molecule has 0 amide bonds. The first-order valence-corrected chi connectivity index (χ1v) is 13.6. The molecule has 2 aliphatic heterocycles. The zero-order chi connectivity index (χ0) is 30.4. The van der Waals surface area contributed by atoms with Gasteiger partial charge in [-0.05, 0) is 56.8 Å². The molecule has 0 unspecified atom stereocenters. The Morgan fingerprint density at radius 2 is 1.24 bits per heavy atom. The molecule has 4 rings (SSSR count). The van der Waals surface area contributed by atoms with Crippen molar-refractivity contribution in [1.29, 1.82) is 0 Å². The van der Waals surface area contributed by atoms with Gasteiger partial charge in [0.25, 0.3) is 0 Å². The number of anilines is 2. The lowest BCUT2D eigenvalue weighted by molar-refractivity contribution is -0.134. The van der Waals surface area contributed by atoms with Crippen LogP contribution in [0.2, 0.25) is 0 Å². The van der Waals surface area contributed by atoms with Crippen molar-refractivity contribution in [3.05, 3.63) is 72.3 Å². The number of hydrogen-bond donors (Lipinski definition) is 4. The van der Waals surface area contributed by atoms with Crippen molar-refractivity contribution in [3.63, 3.8) is 0 Å². The van der Waals surface area contributed by atoms with Gasteiger partial charge in [0.2, 0.25) is 0 Å². The smallest absolute Gasteiger partial charge is 0.328 e. The van der Waals surface area contributed by atoms with Gasteiger partial charge in [0.05, 0.1) is 11.4 Å². The number of piperazine rings is 1. The second-order valence-corrected chi connectivity index (χ2v) is 10.3. The van der Waals surface area contributed by atoms with Crippen LogP contribution < -0.4 is 4.90 Å². The number of likely N-dealkylation sites (N-methyl/N-ethyl adjacent to an activating group) is 1. The van der Waals surface area contributed by atoms with Gasteiger partial charge in [-0.25, -0.2) is 19.2 Å². The highest BCUT2D eigenvalue weighted by Crippen LogP contribution is 2.48. The molecule has 0 bridgehead atoms. The number of hydrogen-bond acceptors (Lipinski definition) is 8. The van der Waals surface area contributed by atoms with Crippen LogP contribution in [0, 0.1) is 6.92 Å². The number of rotatable bonds is 8. The van der Waals surface area contributed by atoms with Gasteiger partial charge in [0.15, 0.2) is 0 Å². The van der Waals surface area contributed by atoms with Gasteiger partial charge < -0.3 is 35.1 Å². The van der Waals surface area contributed by atoms with Crippen molar-refractivity contribution in [2.45, 2.75) is 23.1 Å². The van der Waals surface area contributed by atoms with Crippen molar-refractivity contribution in [3.8, 4) is 0 Å². The van der Waals surface area contributed by atoms with E-state index in [1.165, 1.54) is 65.9 Å². The van der Waals surface area contributed by atoms with Crippen molar-refractivity contribution < 1.29 is 39.6 Å². The molecule has 12 heteroatoms. The van der Waals surface area contributed by atoms with Crippen LogP contribution in [0.25, 0.3) is 0 Å². The fraction of sp³-hybridized carbons (Fsp3) is 0.310. The van der Waals surface area contributed by atoms with Crippen molar-refractivity contribution in [1.82, 2.24) is 9.80 Å². The lowest BCUT2D eigenvalue weighted by Gasteiger charge is -2.35. The molecule has 220 valence electrons. The summed E-state index contributed by atoms with van der Waals surface area (Å²) in [5.41, 5.74) is 4.08. The van der Waals surface area contributed by atoms with Crippen LogP contribution in [0.1, 0.15) is 12.0 Å². The highest BCUT2D eigenvalue weighted by molar-refractivity contribution is 7.99. The molecule has 1 saturated heterocycles. The van der Waals surface area contributed by atoms with Gasteiger partial charge in [-0.15, -0.1) is 0 Å². The molecule has 11 nitrogen and oxygen atoms in total. The first kappa shape index (κ1) is 33.1. The van der Waals surface area contributed by atoms with Crippen LogP contribution in [-0.4, -0.2) is 100 Å². The van der Waals surface area contributed by atoms with E-state index in [0.717, 1.165) is 6.54 Å². The van der Waals surface area contributed by atoms with Crippen LogP contribution in [-0.2, 0) is 19.2 Å². The number of aryl methyl sites for hydroxylation is 1. The Bertz CT molecular complexity index is 1210. The van der Waals surface area contributed by atoms with Gasteiger partial charge in [-0.3, -0.25) is 0 Å². The first-order chi connectivity index (χ1) is 19.5. The van der Waals surface area contributed by atoms with E-state index >= 15 is 0 Å². The molecule has 0 aliphatic carbocycles. The minimum absolute atomic E-state index is 0.558. The third-order valence-corrected chi connectivity index (χ3v) is 7.10. The Hall–Kier alpha value is -4.13. The monoisotopic (exact) mass is 585 g/mol. The Morgan fingerprint density at radius 3 is 1.78 bits per heavy atom. The summed E-state index contributed by atoms with van der Waals surface area (Å²) in [7, 11) is 2.22. The minimum atomic E-state index is -1.26. The predicted molar refractivity (Wildman–Crippen MR) is 156 cm³/mol. The second kappa shape index (κ2) is 16.9. The Balaban J connectivity index is 0.000000304. The highest BCUT2D eigenvalue weighted by atomic mass is 32.2. The van der Waals surface area contributed by atoms with Crippen LogP contribution in [0.15, 0.2) is 76.6 Å². The zero-order valence-electron chi connectivity index (χ0n) is 23.0. The molecule has 2 heterocycles. The lowest BCUT2D eigenvalue weighted by atomic mass is 10.1. The van der Waals surface area contributed by atoms with E-state index in [1.807, 2.05) is 11.8 Å². The van der Waals surface area contributed by atoms with Gasteiger partial charge in [-0.1, -0.05) is 30.0 Å². The van der Waals surface area contributed by atoms with Crippen LogP contribution in [0.5, 0.6) is 0 Å². The molecule has 0 aromatic heterocycles. The summed E-state index contributed by atoms with van der Waals surface area (Å²) in [4.78, 5) is 48.5. The minimum Gasteiger partial charge on any atom is -0.478 e. The largest absolute Gasteiger partial charge is 0.478 e. The van der Waals surface area contributed by atoms with E-state index in [-0.39, 0.29) is 0 Å². The SMILES string of the molecule is Cc1ccc2c(c1)N(CCCN1CCN(C)CC1)c1ccccc1S2.O=C(O)/C=C\C(=O)O.O=C(O)/C=C\C(=O)O. The van der Waals surface area contributed by atoms with Gasteiger partial charge >= 0.3 is 23.9 Å². The first-order valence-electron chi connectivity index (χ1n) is 12.8. The second-order valence-electron chi connectivity index (χ2n) is 9.21. The highest BCUT2D eigenvalue weighted by Gasteiger charge is 2.23. The number of fused-ring (bicyclic) bond motifs is 2. The number of benzene rings is 2. The van der Waals surface area contributed by atoms with E-state index in [2.05, 4.69) is 71.1 Å². The molecular weight excluding hydrogens is 550 g/mol. The van der Waals surface area contributed by atoms with Crippen molar-refractivity contribution in [2.24, 2.45) is 0 Å². The Labute approximate surface area is 243 Å². The molecule has 2 aromatic rings. The standard InChI is InChI=1S/C21H27N3S.2C4H4O4/c1-17-8-9-21-19(16-17)24(18-6-3-4-7-20(18)25-21)11-5-10-23-14-12-22(2)13-15-23;2*5-3(6)1-2-4(7)8/h3-4,6-9,16H,5,10-15H2,1-2H3;2*1-2H,(H,5,6)(H,7,8)/b;2*2-1-. The topological polar surface area (TPSA) is 159 Å². The van der Waals surface area contributed by atoms with Crippen LogP contribution >= 0.6 is 11.8 Å². The Kier molecular flexibility index (Phi) is 13.6. The van der Waals surface area contributed by atoms with Gasteiger partial charge in [-0.2, -0.15) is 0 Å². The maximum atomic E-state index is 9.55. The van der Waals surface area contributed by atoms with E-state index in [0.29, 0.717) is 24.3 Å². The fourth-order valence-corrected chi connectivity index (χ4v) is 5.07. The average Bonchev–Trinajstić information content (AvgIpc) is 2.92. The number of aliphatic carboxylic acids is 4. The zero-order valence-corrected chi connectivity index (χ0v) is 23.8. The van der Waals surface area contributed by atoms with E-state index in [4.69, 9.17) is 20.4 Å². The summed E-state index contributed by atoms with van der Waals surface area (Å²) < 4.78 is 0. The van der Waals surface area contributed by atoms with Crippen LogP contribution in [0.3, 0.4) is 0 Å². The quantitative estimate of drug-likeness (QED) is 0.334. The average molecular weight is 586 g/mol. The lowest BCUT2D eigenvalue weighted by Crippen LogP contribution is -2.45. The van der Waals surface area contributed by atoms with Crippen LogP contribution in [0.4, 0.5) is 11.4 Å². The number of carbonyl (C=O) groups is 4. The van der Waals surface area contributed by atoms with Gasteiger partial charge in [0, 0.05) is 66.8 Å². The molecule has 0 atom stereocenters. The summed E-state index contributed by atoms with van der Waals surface area (Å²) in [6.07, 6.45) is 3.44. The van der Waals surface area contributed by atoms with Crippen molar-refractivity contribution >= 4 is 47.0 Å². The van der Waals surface area contributed by atoms with E-state index in [1.54, 1.807) is 0 Å². The summed E-state index contributed by atoms with van der Waals surface area (Å²) in [5.74, 6) is -5.03. The molecule has 2 aliphatic rings. The maximum Gasteiger partial charge on any atom is 0.328 e. The van der Waals surface area contributed by atoms with E-state index < -0.39 is 23.9 Å². The third-order valence-electron chi connectivity index (χ3n) is 5.97. The van der Waals surface area contributed by atoms with Gasteiger partial charge in [0.1, 0.15) is 0 Å². The molecule has 4 N–H and O–H groups in total. The normalized spacial score (nSPS) is 14.7. The third kappa shape index (κ3) is 12.3. The Morgan fingerprint density at radius 1 is 0.732 bits per heavy atom. The molecular formula is C29H35N3O8S. The summed E-state index contributed by atoms with van der Waals surface area (Å²) >= 11 is 1.90. The summed E-state index contributed by atoms with van der Waals surface area (Å²) in [6, 6.07) is 15.7. The molecule has 1 fully saturated rings. The maximum absolute atomic E-state index is 9.55. The van der Waals surface area contributed by atoms with E-state index in [9.17, 15) is 19.2 Å². The molecule has 0 radical (unpaired) electrons. The number of para-hydroxylation sites is 1. The predicted octanol–water partition coefficient (Wildman–Crippen LogP) is 3.66. The molecule has 0 spiro atoms. The number of carboxylic acids is 4. The fourth-order valence-electron chi connectivity index (χ4n) is 3.99.